The topological polar surface area (TPSA) is 84.2 Å². The summed E-state index contributed by atoms with van der Waals surface area (Å²) in [5, 5.41) is 5.34. The summed E-state index contributed by atoms with van der Waals surface area (Å²) in [5.74, 6) is 0.0159. The third kappa shape index (κ3) is 4.71. The number of anilines is 1. The predicted octanol–water partition coefficient (Wildman–Crippen LogP) is 1.36. The second-order valence-corrected chi connectivity index (χ2v) is 4.42. The molecule has 4 N–H and O–H groups in total. The second kappa shape index (κ2) is 7.53. The molecule has 0 saturated carbocycles. The maximum absolute atomic E-state index is 11.8. The molecule has 0 bridgehead atoms. The number of hydrogen-bond donors (Lipinski definition) is 3. The maximum atomic E-state index is 11.8. The standard InChI is InChI=1S/C14H21N3O2/c1-3-10(9-15)8-13(18)17-12-6-4-11(5-7-12)14(19)16-2/h4-7,10H,3,8-9,15H2,1-2H3,(H,16,19)(H,17,18). The predicted molar refractivity (Wildman–Crippen MR) is 75.9 cm³/mol. The molecule has 104 valence electrons. The molecule has 0 radical (unpaired) electrons. The summed E-state index contributed by atoms with van der Waals surface area (Å²) in [6.07, 6.45) is 1.31. The van der Waals surface area contributed by atoms with Crippen molar-refractivity contribution in [3.05, 3.63) is 29.8 Å². The number of nitrogens with two attached hydrogens (primary N) is 1. The fourth-order valence-corrected chi connectivity index (χ4v) is 1.72. The molecule has 5 nitrogen and oxygen atoms in total. The Labute approximate surface area is 113 Å². The molecule has 0 fully saturated rings. The first-order valence-electron chi connectivity index (χ1n) is 6.42. The van der Waals surface area contributed by atoms with Crippen molar-refractivity contribution in [3.8, 4) is 0 Å². The van der Waals surface area contributed by atoms with E-state index >= 15 is 0 Å². The van der Waals surface area contributed by atoms with Gasteiger partial charge in [0, 0.05) is 24.7 Å². The van der Waals surface area contributed by atoms with Crippen LogP contribution in [0.25, 0.3) is 0 Å². The minimum atomic E-state index is -0.146. The van der Waals surface area contributed by atoms with E-state index in [0.29, 0.717) is 24.2 Å². The lowest BCUT2D eigenvalue weighted by Gasteiger charge is -2.12. The van der Waals surface area contributed by atoms with Crippen LogP contribution in [0, 0.1) is 5.92 Å². The van der Waals surface area contributed by atoms with Crippen LogP contribution in [0.15, 0.2) is 24.3 Å². The highest BCUT2D eigenvalue weighted by atomic mass is 16.2. The molecule has 0 spiro atoms. The lowest BCUT2D eigenvalue weighted by atomic mass is 10.0. The minimum absolute atomic E-state index is 0.0509. The van der Waals surface area contributed by atoms with Crippen molar-refractivity contribution < 1.29 is 9.59 Å². The van der Waals surface area contributed by atoms with Crippen LogP contribution in [0.4, 0.5) is 5.69 Å². The SMILES string of the molecule is CCC(CN)CC(=O)Nc1ccc(C(=O)NC)cc1. The number of nitrogens with one attached hydrogen (secondary N) is 2. The van der Waals surface area contributed by atoms with Gasteiger partial charge >= 0.3 is 0 Å². The number of carbonyl (C=O) groups is 2. The summed E-state index contributed by atoms with van der Waals surface area (Å²) in [6, 6.07) is 6.78. The molecule has 0 heterocycles. The number of benzene rings is 1. The van der Waals surface area contributed by atoms with Crippen molar-refractivity contribution in [2.75, 3.05) is 18.9 Å². The van der Waals surface area contributed by atoms with Crippen LogP contribution in [-0.2, 0) is 4.79 Å². The molecule has 5 heteroatoms. The molecule has 1 rings (SSSR count). The normalized spacial score (nSPS) is 11.7. The fourth-order valence-electron chi connectivity index (χ4n) is 1.72. The molecule has 0 saturated heterocycles. The van der Waals surface area contributed by atoms with Crippen LogP contribution in [0.3, 0.4) is 0 Å². The molecule has 1 aromatic rings. The van der Waals surface area contributed by atoms with Crippen molar-refractivity contribution in [3.63, 3.8) is 0 Å². The molecule has 1 atom stereocenters. The Morgan fingerprint density at radius 1 is 1.26 bits per heavy atom. The van der Waals surface area contributed by atoms with E-state index in [9.17, 15) is 9.59 Å². The third-order valence-corrected chi connectivity index (χ3v) is 3.04. The van der Waals surface area contributed by atoms with Crippen molar-refractivity contribution in [2.45, 2.75) is 19.8 Å². The van der Waals surface area contributed by atoms with Gasteiger partial charge in [-0.25, -0.2) is 0 Å². The maximum Gasteiger partial charge on any atom is 0.251 e. The van der Waals surface area contributed by atoms with E-state index in [0.717, 1.165) is 6.42 Å². The van der Waals surface area contributed by atoms with Crippen LogP contribution >= 0.6 is 0 Å². The Balaban J connectivity index is 2.58. The summed E-state index contributed by atoms with van der Waals surface area (Å²) in [5.41, 5.74) is 6.82. The van der Waals surface area contributed by atoms with Crippen molar-refractivity contribution in [1.82, 2.24) is 5.32 Å². The van der Waals surface area contributed by atoms with Gasteiger partial charge in [0.25, 0.3) is 5.91 Å². The highest BCUT2D eigenvalue weighted by molar-refractivity contribution is 5.95. The Kier molecular flexibility index (Phi) is 6.02. The van der Waals surface area contributed by atoms with Crippen LogP contribution in [0.1, 0.15) is 30.1 Å². The first-order chi connectivity index (χ1) is 9.10. The Bertz CT molecular complexity index is 425. The zero-order valence-corrected chi connectivity index (χ0v) is 11.4. The summed E-state index contributed by atoms with van der Waals surface area (Å²) in [7, 11) is 1.58. The molecule has 0 aliphatic carbocycles. The molecular weight excluding hydrogens is 242 g/mol. The van der Waals surface area contributed by atoms with Crippen LogP contribution < -0.4 is 16.4 Å². The molecular formula is C14H21N3O2. The van der Waals surface area contributed by atoms with Gasteiger partial charge in [-0.2, -0.15) is 0 Å². The Hall–Kier alpha value is -1.88. The lowest BCUT2D eigenvalue weighted by Crippen LogP contribution is -2.22. The number of carbonyl (C=O) groups excluding carboxylic acids is 2. The van der Waals surface area contributed by atoms with Crippen LogP contribution in [-0.4, -0.2) is 25.4 Å². The van der Waals surface area contributed by atoms with Gasteiger partial charge in [0.15, 0.2) is 0 Å². The quantitative estimate of drug-likeness (QED) is 0.724. The third-order valence-electron chi connectivity index (χ3n) is 3.04. The first-order valence-corrected chi connectivity index (χ1v) is 6.42. The van der Waals surface area contributed by atoms with E-state index in [1.807, 2.05) is 6.92 Å². The molecule has 19 heavy (non-hydrogen) atoms. The van der Waals surface area contributed by atoms with Gasteiger partial charge < -0.3 is 16.4 Å². The van der Waals surface area contributed by atoms with Gasteiger partial charge in [0.1, 0.15) is 0 Å². The summed E-state index contributed by atoms with van der Waals surface area (Å²) in [6.45, 7) is 2.53. The lowest BCUT2D eigenvalue weighted by molar-refractivity contribution is -0.117. The van der Waals surface area contributed by atoms with Crippen LogP contribution in [0.2, 0.25) is 0 Å². The van der Waals surface area contributed by atoms with Gasteiger partial charge in [-0.1, -0.05) is 13.3 Å². The summed E-state index contributed by atoms with van der Waals surface area (Å²) in [4.78, 5) is 23.1. The van der Waals surface area contributed by atoms with Crippen LogP contribution in [0.5, 0.6) is 0 Å². The molecule has 0 aromatic heterocycles. The molecule has 1 unspecified atom stereocenters. The second-order valence-electron chi connectivity index (χ2n) is 4.42. The zero-order valence-electron chi connectivity index (χ0n) is 11.4. The Morgan fingerprint density at radius 2 is 1.89 bits per heavy atom. The molecule has 0 aliphatic rings. The molecule has 2 amide bonds. The molecule has 1 aromatic carbocycles. The number of rotatable bonds is 6. The van der Waals surface area contributed by atoms with Gasteiger partial charge in [-0.15, -0.1) is 0 Å². The van der Waals surface area contributed by atoms with E-state index in [2.05, 4.69) is 10.6 Å². The van der Waals surface area contributed by atoms with E-state index in [-0.39, 0.29) is 17.7 Å². The fraction of sp³-hybridized carbons (Fsp3) is 0.429. The van der Waals surface area contributed by atoms with Gasteiger partial charge in [0.05, 0.1) is 0 Å². The average molecular weight is 263 g/mol. The van der Waals surface area contributed by atoms with Gasteiger partial charge in [-0.3, -0.25) is 9.59 Å². The van der Waals surface area contributed by atoms with E-state index in [4.69, 9.17) is 5.73 Å². The smallest absolute Gasteiger partial charge is 0.251 e. The molecule has 0 aliphatic heterocycles. The van der Waals surface area contributed by atoms with Crippen molar-refractivity contribution >= 4 is 17.5 Å². The minimum Gasteiger partial charge on any atom is -0.355 e. The number of hydrogen-bond acceptors (Lipinski definition) is 3. The Morgan fingerprint density at radius 3 is 2.37 bits per heavy atom. The zero-order chi connectivity index (χ0) is 14.3. The summed E-state index contributed by atoms with van der Waals surface area (Å²) < 4.78 is 0. The summed E-state index contributed by atoms with van der Waals surface area (Å²) >= 11 is 0. The average Bonchev–Trinajstić information content (AvgIpc) is 2.44. The highest BCUT2D eigenvalue weighted by Gasteiger charge is 2.11. The van der Waals surface area contributed by atoms with Crippen molar-refractivity contribution in [2.24, 2.45) is 11.7 Å². The highest BCUT2D eigenvalue weighted by Crippen LogP contribution is 2.12. The monoisotopic (exact) mass is 263 g/mol. The first kappa shape index (κ1) is 15.2. The number of amides is 2. The van der Waals surface area contributed by atoms with E-state index in [1.54, 1.807) is 31.3 Å². The van der Waals surface area contributed by atoms with E-state index < -0.39 is 0 Å². The van der Waals surface area contributed by atoms with E-state index in [1.165, 1.54) is 0 Å². The van der Waals surface area contributed by atoms with Gasteiger partial charge in [-0.05, 0) is 36.7 Å². The largest absolute Gasteiger partial charge is 0.355 e. The van der Waals surface area contributed by atoms with Crippen molar-refractivity contribution in [1.29, 1.82) is 0 Å². The van der Waals surface area contributed by atoms with Gasteiger partial charge in [0.2, 0.25) is 5.91 Å².